The molecule has 0 atom stereocenters. The molecule has 0 aliphatic heterocycles. The van der Waals surface area contributed by atoms with E-state index in [0.717, 1.165) is 16.5 Å². The van der Waals surface area contributed by atoms with Gasteiger partial charge in [-0.3, -0.25) is 0 Å². The van der Waals surface area contributed by atoms with E-state index in [1.807, 2.05) is 12.1 Å². The summed E-state index contributed by atoms with van der Waals surface area (Å²) in [7, 11) is 0. The minimum absolute atomic E-state index is 0.0919. The van der Waals surface area contributed by atoms with E-state index in [0.29, 0.717) is 0 Å². The molecule has 2 heteroatoms. The van der Waals surface area contributed by atoms with Crippen molar-refractivity contribution in [2.45, 2.75) is 20.3 Å². The second-order valence-electron chi connectivity index (χ2n) is 3.16. The third-order valence-corrected chi connectivity index (χ3v) is 3.52. The number of fused-ring (bicyclic) bond motifs is 1. The Morgan fingerprint density at radius 2 is 2.15 bits per heavy atom. The van der Waals surface area contributed by atoms with Gasteiger partial charge in [0.2, 0.25) is 0 Å². The summed E-state index contributed by atoms with van der Waals surface area (Å²) in [6.45, 7) is 4.19. The largest absolute Gasteiger partial charge is 0.205 e. The Morgan fingerprint density at radius 1 is 1.38 bits per heavy atom. The number of hydrogen-bond acceptors (Lipinski definition) is 1. The maximum absolute atomic E-state index is 13.2. The first-order valence-corrected chi connectivity index (χ1v) is 5.27. The van der Waals surface area contributed by atoms with Gasteiger partial charge in [-0.15, -0.1) is 11.3 Å². The molecule has 0 aliphatic rings. The highest BCUT2D eigenvalue weighted by molar-refractivity contribution is 7.17. The zero-order valence-corrected chi connectivity index (χ0v) is 8.54. The fourth-order valence-electron chi connectivity index (χ4n) is 1.63. The number of aryl methyl sites for hydroxylation is 2. The highest BCUT2D eigenvalue weighted by atomic mass is 32.1. The summed E-state index contributed by atoms with van der Waals surface area (Å²) in [5.74, 6) is -0.0919. The molecule has 0 N–H and O–H groups in total. The summed E-state index contributed by atoms with van der Waals surface area (Å²) in [6, 6.07) is 3.90. The van der Waals surface area contributed by atoms with Crippen LogP contribution in [0.2, 0.25) is 0 Å². The Labute approximate surface area is 81.0 Å². The Balaban J connectivity index is 2.80. The lowest BCUT2D eigenvalue weighted by atomic mass is 10.0. The van der Waals surface area contributed by atoms with Crippen LogP contribution in [0.1, 0.15) is 18.1 Å². The van der Waals surface area contributed by atoms with Gasteiger partial charge in [0, 0.05) is 15.5 Å². The molecule has 0 saturated heterocycles. The van der Waals surface area contributed by atoms with Gasteiger partial charge in [-0.25, -0.2) is 4.39 Å². The summed E-state index contributed by atoms with van der Waals surface area (Å²) in [5, 5.41) is 2.34. The molecular formula is C11H11FS. The summed E-state index contributed by atoms with van der Waals surface area (Å²) >= 11 is 1.50. The molecule has 0 spiro atoms. The molecule has 2 aromatic rings. The van der Waals surface area contributed by atoms with Gasteiger partial charge in [0.25, 0.3) is 0 Å². The van der Waals surface area contributed by atoms with Crippen LogP contribution in [0.25, 0.3) is 10.1 Å². The second-order valence-corrected chi connectivity index (χ2v) is 4.04. The number of thiophene rings is 1. The third kappa shape index (κ3) is 1.25. The van der Waals surface area contributed by atoms with Crippen molar-refractivity contribution in [1.82, 2.24) is 0 Å². The van der Waals surface area contributed by atoms with Gasteiger partial charge in [0.15, 0.2) is 0 Å². The molecule has 0 aliphatic carbocycles. The van der Waals surface area contributed by atoms with Crippen molar-refractivity contribution in [2.75, 3.05) is 0 Å². The Hall–Kier alpha value is -0.890. The number of benzene rings is 1. The average Bonchev–Trinajstić information content (AvgIpc) is 2.50. The molecule has 68 valence electrons. The maximum Gasteiger partial charge on any atom is 0.141 e. The van der Waals surface area contributed by atoms with Crippen LogP contribution in [0.15, 0.2) is 17.5 Å². The van der Waals surface area contributed by atoms with Gasteiger partial charge in [-0.1, -0.05) is 19.1 Å². The van der Waals surface area contributed by atoms with Crippen LogP contribution in [0.3, 0.4) is 0 Å². The van der Waals surface area contributed by atoms with Crippen LogP contribution in [-0.2, 0) is 6.42 Å². The van der Waals surface area contributed by atoms with E-state index in [2.05, 4.69) is 13.8 Å². The van der Waals surface area contributed by atoms with Gasteiger partial charge in [-0.05, 0) is 24.5 Å². The molecule has 0 bridgehead atoms. The summed E-state index contributed by atoms with van der Waals surface area (Å²) in [5.41, 5.74) is 2.54. The van der Waals surface area contributed by atoms with Crippen molar-refractivity contribution in [2.24, 2.45) is 0 Å². The number of halogens is 1. The van der Waals surface area contributed by atoms with Crippen LogP contribution in [0.5, 0.6) is 0 Å². The monoisotopic (exact) mass is 194 g/mol. The van der Waals surface area contributed by atoms with Crippen LogP contribution < -0.4 is 0 Å². The van der Waals surface area contributed by atoms with Gasteiger partial charge in [-0.2, -0.15) is 0 Å². The minimum Gasteiger partial charge on any atom is -0.205 e. The topological polar surface area (TPSA) is 0 Å². The van der Waals surface area contributed by atoms with Crippen molar-refractivity contribution in [3.8, 4) is 0 Å². The Kier molecular flexibility index (Phi) is 2.08. The van der Waals surface area contributed by atoms with Crippen LogP contribution >= 0.6 is 11.3 Å². The Bertz CT molecular complexity index is 443. The standard InChI is InChI=1S/C11H11FS/c1-3-8-4-5-9-10(12)6-13-11(9)7(8)2/h4-6H,3H2,1-2H3. The smallest absolute Gasteiger partial charge is 0.141 e. The first kappa shape index (κ1) is 8.70. The molecule has 0 unspecified atom stereocenters. The molecule has 1 heterocycles. The van der Waals surface area contributed by atoms with Crippen molar-refractivity contribution in [1.29, 1.82) is 0 Å². The molecule has 0 amide bonds. The number of hydrogen-bond donors (Lipinski definition) is 0. The molecule has 1 aromatic heterocycles. The predicted octanol–water partition coefficient (Wildman–Crippen LogP) is 3.91. The highest BCUT2D eigenvalue weighted by Crippen LogP contribution is 2.29. The number of rotatable bonds is 1. The highest BCUT2D eigenvalue weighted by Gasteiger charge is 2.07. The van der Waals surface area contributed by atoms with Crippen molar-refractivity contribution < 1.29 is 4.39 Å². The lowest BCUT2D eigenvalue weighted by Crippen LogP contribution is -1.85. The van der Waals surface area contributed by atoms with E-state index in [-0.39, 0.29) is 5.82 Å². The first-order chi connectivity index (χ1) is 6.24. The Morgan fingerprint density at radius 3 is 2.85 bits per heavy atom. The second kappa shape index (κ2) is 3.11. The van der Waals surface area contributed by atoms with Crippen LogP contribution in [0, 0.1) is 12.7 Å². The van der Waals surface area contributed by atoms with Crippen LogP contribution in [0.4, 0.5) is 4.39 Å². The quantitative estimate of drug-likeness (QED) is 0.645. The van der Waals surface area contributed by atoms with Gasteiger partial charge < -0.3 is 0 Å². The summed E-state index contributed by atoms with van der Waals surface area (Å²) < 4.78 is 14.3. The molecular weight excluding hydrogens is 183 g/mol. The molecule has 13 heavy (non-hydrogen) atoms. The SMILES string of the molecule is CCc1ccc2c(F)csc2c1C. The van der Waals surface area contributed by atoms with E-state index in [1.54, 1.807) is 5.38 Å². The summed E-state index contributed by atoms with van der Waals surface area (Å²) in [4.78, 5) is 0. The van der Waals surface area contributed by atoms with E-state index in [9.17, 15) is 4.39 Å². The maximum atomic E-state index is 13.2. The first-order valence-electron chi connectivity index (χ1n) is 4.39. The zero-order chi connectivity index (χ0) is 9.42. The molecule has 0 nitrogen and oxygen atoms in total. The molecule has 2 rings (SSSR count). The van der Waals surface area contributed by atoms with E-state index in [4.69, 9.17) is 0 Å². The lowest BCUT2D eigenvalue weighted by Gasteiger charge is -2.02. The molecule has 1 aromatic carbocycles. The lowest BCUT2D eigenvalue weighted by molar-refractivity contribution is 0.644. The van der Waals surface area contributed by atoms with Crippen molar-refractivity contribution in [3.05, 3.63) is 34.5 Å². The predicted molar refractivity (Wildman–Crippen MR) is 55.9 cm³/mol. The third-order valence-electron chi connectivity index (χ3n) is 2.44. The van der Waals surface area contributed by atoms with Gasteiger partial charge in [0.05, 0.1) is 0 Å². The molecule has 0 radical (unpaired) electrons. The zero-order valence-electron chi connectivity index (χ0n) is 7.73. The fourth-order valence-corrected chi connectivity index (χ4v) is 2.58. The molecule has 0 fully saturated rings. The van der Waals surface area contributed by atoms with Crippen molar-refractivity contribution >= 4 is 21.4 Å². The molecule has 0 saturated carbocycles. The van der Waals surface area contributed by atoms with Crippen LogP contribution in [-0.4, -0.2) is 0 Å². The minimum atomic E-state index is -0.0919. The van der Waals surface area contributed by atoms with E-state index >= 15 is 0 Å². The van der Waals surface area contributed by atoms with E-state index in [1.165, 1.54) is 22.5 Å². The van der Waals surface area contributed by atoms with Gasteiger partial charge in [0.1, 0.15) is 5.82 Å². The van der Waals surface area contributed by atoms with E-state index < -0.39 is 0 Å². The average molecular weight is 194 g/mol. The summed E-state index contributed by atoms with van der Waals surface area (Å²) in [6.07, 6.45) is 1.02. The van der Waals surface area contributed by atoms with Gasteiger partial charge >= 0.3 is 0 Å². The fraction of sp³-hybridized carbons (Fsp3) is 0.273. The normalized spacial score (nSPS) is 11.0. The van der Waals surface area contributed by atoms with Crippen molar-refractivity contribution in [3.63, 3.8) is 0 Å².